The molecule has 8 heteroatoms. The second kappa shape index (κ2) is 8.45. The average molecular weight is 387 g/mol. The fourth-order valence-electron chi connectivity index (χ4n) is 4.33. The zero-order valence-electron chi connectivity index (χ0n) is 16.9. The summed E-state index contributed by atoms with van der Waals surface area (Å²) in [5.74, 6) is -0.0350. The summed E-state index contributed by atoms with van der Waals surface area (Å²) in [4.78, 5) is 15.0. The SMILES string of the molecule is CCn1nccc1C(=O)NC1CCCN(Cc2nn(CC)c3c2COCC3)C1. The molecular formula is C20H30N6O2. The van der Waals surface area contributed by atoms with Crippen molar-refractivity contribution in [3.05, 3.63) is 34.9 Å². The monoisotopic (exact) mass is 386 g/mol. The lowest BCUT2D eigenvalue weighted by atomic mass is 10.0. The number of aryl methyl sites for hydroxylation is 2. The van der Waals surface area contributed by atoms with E-state index in [9.17, 15) is 4.79 Å². The first-order valence-corrected chi connectivity index (χ1v) is 10.4. The first-order valence-electron chi connectivity index (χ1n) is 10.4. The van der Waals surface area contributed by atoms with E-state index in [1.54, 1.807) is 16.9 Å². The van der Waals surface area contributed by atoms with Gasteiger partial charge in [0, 0.05) is 56.1 Å². The summed E-state index contributed by atoms with van der Waals surface area (Å²) in [5.41, 5.74) is 4.37. The average Bonchev–Trinajstić information content (AvgIpc) is 3.33. The van der Waals surface area contributed by atoms with Gasteiger partial charge in [0.25, 0.3) is 5.91 Å². The van der Waals surface area contributed by atoms with Crippen LogP contribution in [-0.2, 0) is 37.4 Å². The minimum absolute atomic E-state index is 0.0350. The molecule has 0 bridgehead atoms. The Kier molecular flexibility index (Phi) is 5.77. The number of rotatable bonds is 6. The zero-order chi connectivity index (χ0) is 19.5. The molecule has 2 aromatic rings. The van der Waals surface area contributed by atoms with E-state index in [2.05, 4.69) is 26.9 Å². The summed E-state index contributed by atoms with van der Waals surface area (Å²) in [6, 6.07) is 1.94. The van der Waals surface area contributed by atoms with Crippen molar-refractivity contribution in [2.24, 2.45) is 0 Å². The van der Waals surface area contributed by atoms with Crippen molar-refractivity contribution in [3.63, 3.8) is 0 Å². The number of piperidine rings is 1. The van der Waals surface area contributed by atoms with Gasteiger partial charge in [-0.2, -0.15) is 10.2 Å². The second-order valence-corrected chi connectivity index (χ2v) is 7.57. The van der Waals surface area contributed by atoms with Crippen molar-refractivity contribution in [2.75, 3.05) is 19.7 Å². The van der Waals surface area contributed by atoms with Crippen LogP contribution in [0.1, 0.15) is 54.1 Å². The van der Waals surface area contributed by atoms with Gasteiger partial charge in [0.1, 0.15) is 5.69 Å². The Morgan fingerprint density at radius 2 is 2.18 bits per heavy atom. The van der Waals surface area contributed by atoms with Crippen LogP contribution in [0.25, 0.3) is 0 Å². The zero-order valence-corrected chi connectivity index (χ0v) is 16.9. The van der Waals surface area contributed by atoms with Gasteiger partial charge in [-0.15, -0.1) is 0 Å². The summed E-state index contributed by atoms with van der Waals surface area (Å²) >= 11 is 0. The summed E-state index contributed by atoms with van der Waals surface area (Å²) < 4.78 is 9.55. The smallest absolute Gasteiger partial charge is 0.269 e. The molecule has 2 aliphatic heterocycles. The number of amides is 1. The van der Waals surface area contributed by atoms with Crippen LogP contribution >= 0.6 is 0 Å². The van der Waals surface area contributed by atoms with Crippen molar-refractivity contribution in [2.45, 2.75) is 65.4 Å². The van der Waals surface area contributed by atoms with Gasteiger partial charge in [-0.1, -0.05) is 0 Å². The highest BCUT2D eigenvalue weighted by atomic mass is 16.5. The maximum Gasteiger partial charge on any atom is 0.269 e. The maximum absolute atomic E-state index is 12.6. The van der Waals surface area contributed by atoms with E-state index in [4.69, 9.17) is 9.84 Å². The van der Waals surface area contributed by atoms with Gasteiger partial charge in [0.15, 0.2) is 0 Å². The number of fused-ring (bicyclic) bond motifs is 1. The van der Waals surface area contributed by atoms with Gasteiger partial charge in [-0.3, -0.25) is 19.1 Å². The maximum atomic E-state index is 12.6. The standard InChI is InChI=1S/C20H30N6O2/c1-3-25-19(7-9-21-25)20(27)22-15-6-5-10-24(12-15)13-17-16-14-28-11-8-18(16)26(4-2)23-17/h7,9,15H,3-6,8,10-14H2,1-2H3,(H,22,27). The van der Waals surface area contributed by atoms with E-state index in [0.717, 1.165) is 57.7 Å². The van der Waals surface area contributed by atoms with Crippen LogP contribution < -0.4 is 5.32 Å². The molecule has 1 amide bonds. The van der Waals surface area contributed by atoms with Crippen LogP contribution in [0.15, 0.2) is 12.3 Å². The lowest BCUT2D eigenvalue weighted by molar-refractivity contribution is 0.0887. The number of nitrogens with one attached hydrogen (secondary N) is 1. The number of ether oxygens (including phenoxy) is 1. The third-order valence-electron chi connectivity index (χ3n) is 5.74. The molecule has 1 atom stereocenters. The van der Waals surface area contributed by atoms with Crippen molar-refractivity contribution < 1.29 is 9.53 Å². The summed E-state index contributed by atoms with van der Waals surface area (Å²) in [5, 5.41) is 12.2. The van der Waals surface area contributed by atoms with Crippen LogP contribution in [0.5, 0.6) is 0 Å². The molecule has 0 aliphatic carbocycles. The Morgan fingerprint density at radius 3 is 3.00 bits per heavy atom. The molecule has 2 aliphatic rings. The van der Waals surface area contributed by atoms with Crippen LogP contribution in [0.4, 0.5) is 0 Å². The number of carbonyl (C=O) groups is 1. The van der Waals surface area contributed by atoms with E-state index in [-0.39, 0.29) is 11.9 Å². The molecule has 152 valence electrons. The van der Waals surface area contributed by atoms with E-state index < -0.39 is 0 Å². The molecule has 2 aromatic heterocycles. The van der Waals surface area contributed by atoms with E-state index in [1.165, 1.54) is 11.3 Å². The molecule has 1 saturated heterocycles. The van der Waals surface area contributed by atoms with Gasteiger partial charge in [0.2, 0.25) is 0 Å². The van der Waals surface area contributed by atoms with Crippen LogP contribution in [-0.4, -0.2) is 56.1 Å². The van der Waals surface area contributed by atoms with Gasteiger partial charge >= 0.3 is 0 Å². The highest BCUT2D eigenvalue weighted by molar-refractivity contribution is 5.92. The molecular weight excluding hydrogens is 356 g/mol. The van der Waals surface area contributed by atoms with Crippen molar-refractivity contribution in [1.82, 2.24) is 29.8 Å². The quantitative estimate of drug-likeness (QED) is 0.816. The van der Waals surface area contributed by atoms with Crippen LogP contribution in [0.3, 0.4) is 0 Å². The number of likely N-dealkylation sites (tertiary alicyclic amines) is 1. The Labute approximate surface area is 165 Å². The highest BCUT2D eigenvalue weighted by Crippen LogP contribution is 2.23. The summed E-state index contributed by atoms with van der Waals surface area (Å²) in [6.07, 6.45) is 4.71. The largest absolute Gasteiger partial charge is 0.376 e. The molecule has 0 saturated carbocycles. The van der Waals surface area contributed by atoms with Crippen molar-refractivity contribution >= 4 is 5.91 Å². The van der Waals surface area contributed by atoms with Gasteiger partial charge in [-0.05, 0) is 39.3 Å². The van der Waals surface area contributed by atoms with Crippen LogP contribution in [0.2, 0.25) is 0 Å². The van der Waals surface area contributed by atoms with Gasteiger partial charge in [0.05, 0.1) is 18.9 Å². The molecule has 0 radical (unpaired) electrons. The fourth-order valence-corrected chi connectivity index (χ4v) is 4.33. The Morgan fingerprint density at radius 1 is 1.32 bits per heavy atom. The molecule has 4 rings (SSSR count). The van der Waals surface area contributed by atoms with Crippen molar-refractivity contribution in [3.8, 4) is 0 Å². The summed E-state index contributed by atoms with van der Waals surface area (Å²) in [7, 11) is 0. The van der Waals surface area contributed by atoms with E-state index in [1.807, 2.05) is 6.92 Å². The molecule has 1 fully saturated rings. The predicted octanol–water partition coefficient (Wildman–Crippen LogP) is 1.59. The molecule has 28 heavy (non-hydrogen) atoms. The highest BCUT2D eigenvalue weighted by Gasteiger charge is 2.26. The van der Waals surface area contributed by atoms with Crippen LogP contribution in [0, 0.1) is 0 Å². The lowest BCUT2D eigenvalue weighted by Crippen LogP contribution is -2.47. The fraction of sp³-hybridized carbons (Fsp3) is 0.650. The molecule has 8 nitrogen and oxygen atoms in total. The Hall–Kier alpha value is -2.19. The number of hydrogen-bond acceptors (Lipinski definition) is 5. The normalized spacial score (nSPS) is 20.1. The topological polar surface area (TPSA) is 77.2 Å². The third-order valence-corrected chi connectivity index (χ3v) is 5.74. The molecule has 0 spiro atoms. The molecule has 1 unspecified atom stereocenters. The summed E-state index contributed by atoms with van der Waals surface area (Å²) in [6.45, 7) is 9.87. The number of carbonyl (C=O) groups excluding carboxylic acids is 1. The second-order valence-electron chi connectivity index (χ2n) is 7.57. The van der Waals surface area contributed by atoms with E-state index >= 15 is 0 Å². The molecule has 4 heterocycles. The Balaban J connectivity index is 1.41. The van der Waals surface area contributed by atoms with Gasteiger partial charge in [-0.25, -0.2) is 0 Å². The minimum Gasteiger partial charge on any atom is -0.376 e. The number of aromatic nitrogens is 4. The molecule has 1 N–H and O–H groups in total. The number of nitrogens with zero attached hydrogens (tertiary/aromatic N) is 5. The lowest BCUT2D eigenvalue weighted by Gasteiger charge is -2.33. The first kappa shape index (κ1) is 19.1. The predicted molar refractivity (Wildman–Crippen MR) is 105 cm³/mol. The van der Waals surface area contributed by atoms with E-state index in [0.29, 0.717) is 18.8 Å². The molecule has 0 aromatic carbocycles. The Bertz CT molecular complexity index is 827. The first-order chi connectivity index (χ1) is 13.7. The van der Waals surface area contributed by atoms with Crippen molar-refractivity contribution in [1.29, 1.82) is 0 Å². The third kappa shape index (κ3) is 3.84. The van der Waals surface area contributed by atoms with Gasteiger partial charge < -0.3 is 10.1 Å². The number of hydrogen-bond donors (Lipinski definition) is 1. The minimum atomic E-state index is -0.0350.